The number of hydrogen-bond donors (Lipinski definition) is 0. The van der Waals surface area contributed by atoms with E-state index < -0.39 is 0 Å². The molecule has 0 amide bonds. The van der Waals surface area contributed by atoms with Gasteiger partial charge in [-0.1, -0.05) is 121 Å². The van der Waals surface area contributed by atoms with Gasteiger partial charge in [0.25, 0.3) is 0 Å². The van der Waals surface area contributed by atoms with E-state index in [-0.39, 0.29) is 0 Å². The second-order valence-electron chi connectivity index (χ2n) is 10.8. The van der Waals surface area contributed by atoms with Gasteiger partial charge < -0.3 is 4.90 Å². The maximum atomic E-state index is 4.25. The van der Waals surface area contributed by atoms with E-state index in [1.807, 2.05) is 24.5 Å². The highest BCUT2D eigenvalue weighted by Gasteiger charge is 2.18. The molecule has 43 heavy (non-hydrogen) atoms. The Labute approximate surface area is 251 Å². The number of para-hydroxylation sites is 1. The monoisotopic (exact) mass is 548 g/mol. The van der Waals surface area contributed by atoms with Crippen molar-refractivity contribution in [2.75, 3.05) is 4.90 Å². The van der Waals surface area contributed by atoms with E-state index >= 15 is 0 Å². The third kappa shape index (κ3) is 4.32. The Morgan fingerprint density at radius 1 is 0.349 bits per heavy atom. The minimum absolute atomic E-state index is 1.07. The first kappa shape index (κ1) is 25.0. The number of pyridine rings is 1. The van der Waals surface area contributed by atoms with Gasteiger partial charge in [0.1, 0.15) is 0 Å². The first-order chi connectivity index (χ1) is 21.4. The van der Waals surface area contributed by atoms with Crippen molar-refractivity contribution in [3.05, 3.63) is 170 Å². The lowest BCUT2D eigenvalue weighted by molar-refractivity contribution is 1.24. The Kier molecular flexibility index (Phi) is 6.16. The molecule has 0 aliphatic heterocycles. The normalized spacial score (nSPS) is 11.3. The average molecular weight is 549 g/mol. The van der Waals surface area contributed by atoms with Gasteiger partial charge in [0.2, 0.25) is 0 Å². The van der Waals surface area contributed by atoms with Crippen LogP contribution in [0.3, 0.4) is 0 Å². The quantitative estimate of drug-likeness (QED) is 0.199. The molecule has 202 valence electrons. The maximum Gasteiger partial charge on any atom is 0.0492 e. The number of nitrogens with zero attached hydrogens (tertiary/aromatic N) is 2. The van der Waals surface area contributed by atoms with Crippen molar-refractivity contribution >= 4 is 49.4 Å². The molecule has 0 aliphatic rings. The zero-order valence-electron chi connectivity index (χ0n) is 23.6. The summed E-state index contributed by atoms with van der Waals surface area (Å²) in [7, 11) is 0. The summed E-state index contributed by atoms with van der Waals surface area (Å²) in [5, 5.41) is 7.56. The molecule has 7 aromatic carbocycles. The number of aromatic nitrogens is 1. The van der Waals surface area contributed by atoms with E-state index in [9.17, 15) is 0 Å². The van der Waals surface area contributed by atoms with Crippen LogP contribution < -0.4 is 4.90 Å². The SMILES string of the molecule is c1ccc(N(c2ccncc2)c2ccc(-c3c4ccccc4c(-c4cccc5ccccc45)c4ccccc34)cc2)cc1. The summed E-state index contributed by atoms with van der Waals surface area (Å²) < 4.78 is 0. The highest BCUT2D eigenvalue weighted by atomic mass is 15.1. The molecular weight excluding hydrogens is 520 g/mol. The summed E-state index contributed by atoms with van der Waals surface area (Å²) in [6.45, 7) is 0. The topological polar surface area (TPSA) is 16.1 Å². The fourth-order valence-electron chi connectivity index (χ4n) is 6.47. The third-order valence-corrected chi connectivity index (χ3v) is 8.34. The molecule has 0 aliphatic carbocycles. The summed E-state index contributed by atoms with van der Waals surface area (Å²) in [4.78, 5) is 6.51. The first-order valence-electron chi connectivity index (χ1n) is 14.6. The number of anilines is 3. The van der Waals surface area contributed by atoms with Crippen LogP contribution in [-0.2, 0) is 0 Å². The van der Waals surface area contributed by atoms with Gasteiger partial charge in [0.05, 0.1) is 0 Å². The van der Waals surface area contributed by atoms with Crippen molar-refractivity contribution in [2.24, 2.45) is 0 Å². The molecule has 0 unspecified atom stereocenters. The van der Waals surface area contributed by atoms with Gasteiger partial charge in [-0.25, -0.2) is 0 Å². The van der Waals surface area contributed by atoms with Crippen molar-refractivity contribution < 1.29 is 0 Å². The van der Waals surface area contributed by atoms with Gasteiger partial charge in [-0.05, 0) is 91.0 Å². The zero-order chi connectivity index (χ0) is 28.6. The Balaban J connectivity index is 1.35. The summed E-state index contributed by atoms with van der Waals surface area (Å²) >= 11 is 0. The van der Waals surface area contributed by atoms with Crippen LogP contribution >= 0.6 is 0 Å². The van der Waals surface area contributed by atoms with E-state index in [1.165, 1.54) is 54.6 Å². The van der Waals surface area contributed by atoms with Gasteiger partial charge in [-0.2, -0.15) is 0 Å². The Bertz CT molecular complexity index is 2120. The minimum Gasteiger partial charge on any atom is -0.310 e. The summed E-state index contributed by atoms with van der Waals surface area (Å²) in [5.74, 6) is 0. The highest BCUT2D eigenvalue weighted by Crippen LogP contribution is 2.45. The van der Waals surface area contributed by atoms with Crippen LogP contribution in [0.15, 0.2) is 170 Å². The van der Waals surface area contributed by atoms with E-state index in [1.54, 1.807) is 0 Å². The molecule has 8 aromatic rings. The summed E-state index contributed by atoms with van der Waals surface area (Å²) in [6, 6.07) is 56.6. The fraction of sp³-hybridized carbons (Fsp3) is 0. The van der Waals surface area contributed by atoms with Gasteiger partial charge in [-0.15, -0.1) is 0 Å². The molecule has 0 bridgehead atoms. The van der Waals surface area contributed by atoms with Crippen LogP contribution in [-0.4, -0.2) is 4.98 Å². The number of hydrogen-bond acceptors (Lipinski definition) is 2. The average Bonchev–Trinajstić information content (AvgIpc) is 3.08. The fourth-order valence-corrected chi connectivity index (χ4v) is 6.47. The molecule has 0 N–H and O–H groups in total. The van der Waals surface area contributed by atoms with Gasteiger partial charge >= 0.3 is 0 Å². The summed E-state index contributed by atoms with van der Waals surface area (Å²) in [5.41, 5.74) is 8.29. The van der Waals surface area contributed by atoms with Crippen molar-refractivity contribution in [1.29, 1.82) is 0 Å². The number of fused-ring (bicyclic) bond motifs is 3. The van der Waals surface area contributed by atoms with Gasteiger partial charge in [-0.3, -0.25) is 4.98 Å². The van der Waals surface area contributed by atoms with E-state index in [0.29, 0.717) is 0 Å². The number of benzene rings is 7. The van der Waals surface area contributed by atoms with E-state index in [4.69, 9.17) is 0 Å². The second kappa shape index (κ2) is 10.6. The van der Waals surface area contributed by atoms with Crippen LogP contribution in [0.1, 0.15) is 0 Å². The summed E-state index contributed by atoms with van der Waals surface area (Å²) in [6.07, 6.45) is 3.69. The minimum atomic E-state index is 1.07. The molecule has 0 spiro atoms. The van der Waals surface area contributed by atoms with Crippen molar-refractivity contribution in [2.45, 2.75) is 0 Å². The molecule has 0 atom stereocenters. The Hall–Kier alpha value is -5.73. The van der Waals surface area contributed by atoms with Crippen molar-refractivity contribution in [1.82, 2.24) is 4.98 Å². The van der Waals surface area contributed by atoms with Gasteiger partial charge in [0, 0.05) is 29.5 Å². The molecule has 8 rings (SSSR count). The lowest BCUT2D eigenvalue weighted by Crippen LogP contribution is -2.09. The van der Waals surface area contributed by atoms with E-state index in [0.717, 1.165) is 17.1 Å². The zero-order valence-corrected chi connectivity index (χ0v) is 23.6. The smallest absolute Gasteiger partial charge is 0.0492 e. The molecule has 0 saturated carbocycles. The molecule has 0 saturated heterocycles. The molecular formula is C41H28N2. The molecule has 0 radical (unpaired) electrons. The lowest BCUT2D eigenvalue weighted by atomic mass is 9.85. The highest BCUT2D eigenvalue weighted by molar-refractivity contribution is 6.23. The van der Waals surface area contributed by atoms with Crippen LogP contribution in [0.2, 0.25) is 0 Å². The lowest BCUT2D eigenvalue weighted by Gasteiger charge is -2.25. The largest absolute Gasteiger partial charge is 0.310 e. The predicted octanol–water partition coefficient (Wildman–Crippen LogP) is 11.3. The third-order valence-electron chi connectivity index (χ3n) is 8.34. The molecule has 1 heterocycles. The number of rotatable bonds is 5. The Morgan fingerprint density at radius 2 is 0.837 bits per heavy atom. The van der Waals surface area contributed by atoms with Crippen molar-refractivity contribution in [3.8, 4) is 22.3 Å². The van der Waals surface area contributed by atoms with Crippen LogP contribution in [0.25, 0.3) is 54.6 Å². The Morgan fingerprint density at radius 3 is 1.49 bits per heavy atom. The van der Waals surface area contributed by atoms with Crippen LogP contribution in [0, 0.1) is 0 Å². The van der Waals surface area contributed by atoms with Crippen molar-refractivity contribution in [3.63, 3.8) is 0 Å². The van der Waals surface area contributed by atoms with Gasteiger partial charge in [0.15, 0.2) is 0 Å². The predicted molar refractivity (Wildman–Crippen MR) is 182 cm³/mol. The molecule has 0 fully saturated rings. The van der Waals surface area contributed by atoms with Crippen LogP contribution in [0.5, 0.6) is 0 Å². The molecule has 1 aromatic heterocycles. The van der Waals surface area contributed by atoms with Crippen LogP contribution in [0.4, 0.5) is 17.1 Å². The standard InChI is InChI=1S/C41H28N2/c1-2-13-31(14-3-1)43(33-25-27-42-28-26-33)32-23-21-30(22-24-32)40-36-16-6-8-18-38(36)41(39-19-9-7-17-37(39)40)35-20-10-12-29-11-4-5-15-34(29)35/h1-28H. The second-order valence-corrected chi connectivity index (χ2v) is 10.8. The first-order valence-corrected chi connectivity index (χ1v) is 14.6. The molecule has 2 heteroatoms. The molecule has 2 nitrogen and oxygen atoms in total. The maximum absolute atomic E-state index is 4.25. The van der Waals surface area contributed by atoms with E-state index in [2.05, 4.69) is 155 Å².